The van der Waals surface area contributed by atoms with Crippen LogP contribution in [-0.2, 0) is 13.5 Å². The summed E-state index contributed by atoms with van der Waals surface area (Å²) in [5.41, 5.74) is 7.57. The van der Waals surface area contributed by atoms with Crippen molar-refractivity contribution in [2.75, 3.05) is 6.54 Å². The van der Waals surface area contributed by atoms with E-state index in [1.54, 1.807) is 6.20 Å². The Morgan fingerprint density at radius 1 is 1.28 bits per heavy atom. The molecule has 5 nitrogen and oxygen atoms in total. The van der Waals surface area contributed by atoms with Crippen LogP contribution in [0.2, 0.25) is 0 Å². The number of aromatic nitrogens is 4. The molecule has 0 saturated heterocycles. The molecule has 0 atom stereocenters. The molecule has 0 bridgehead atoms. The van der Waals surface area contributed by atoms with Crippen molar-refractivity contribution >= 4 is 0 Å². The van der Waals surface area contributed by atoms with E-state index >= 15 is 0 Å². The SMILES string of the molecule is Cn1nccc1-c1cnc(CCCCCCN)[nH]1. The molecule has 0 aliphatic rings. The number of imidazole rings is 1. The predicted octanol–water partition coefficient (Wildman–Crippen LogP) is 1.87. The molecule has 0 aliphatic carbocycles. The summed E-state index contributed by atoms with van der Waals surface area (Å²) in [6.07, 6.45) is 9.40. The van der Waals surface area contributed by atoms with Crippen molar-refractivity contribution in [1.82, 2.24) is 19.7 Å². The van der Waals surface area contributed by atoms with E-state index in [0.29, 0.717) is 0 Å². The molecule has 5 heteroatoms. The van der Waals surface area contributed by atoms with Gasteiger partial charge < -0.3 is 10.7 Å². The highest BCUT2D eigenvalue weighted by atomic mass is 15.3. The predicted molar refractivity (Wildman–Crippen MR) is 72.0 cm³/mol. The Hall–Kier alpha value is -1.62. The number of nitrogens with one attached hydrogen (secondary N) is 1. The van der Waals surface area contributed by atoms with Crippen LogP contribution in [0.15, 0.2) is 18.5 Å². The van der Waals surface area contributed by atoms with Crippen LogP contribution in [0.25, 0.3) is 11.4 Å². The van der Waals surface area contributed by atoms with E-state index in [-0.39, 0.29) is 0 Å². The van der Waals surface area contributed by atoms with E-state index in [0.717, 1.165) is 36.6 Å². The van der Waals surface area contributed by atoms with Gasteiger partial charge >= 0.3 is 0 Å². The van der Waals surface area contributed by atoms with Crippen LogP contribution in [0, 0.1) is 0 Å². The third-order valence-corrected chi connectivity index (χ3v) is 3.09. The molecule has 0 spiro atoms. The first-order chi connectivity index (χ1) is 8.81. The zero-order chi connectivity index (χ0) is 12.8. The molecule has 2 rings (SSSR count). The highest BCUT2D eigenvalue weighted by Gasteiger charge is 2.06. The van der Waals surface area contributed by atoms with Gasteiger partial charge in [-0.15, -0.1) is 0 Å². The fourth-order valence-electron chi connectivity index (χ4n) is 2.05. The van der Waals surface area contributed by atoms with E-state index in [4.69, 9.17) is 5.73 Å². The summed E-state index contributed by atoms with van der Waals surface area (Å²) >= 11 is 0. The van der Waals surface area contributed by atoms with Gasteiger partial charge in [-0.3, -0.25) is 4.68 Å². The molecule has 0 fully saturated rings. The van der Waals surface area contributed by atoms with Gasteiger partial charge in [0.15, 0.2) is 0 Å². The lowest BCUT2D eigenvalue weighted by Crippen LogP contribution is -1.98. The summed E-state index contributed by atoms with van der Waals surface area (Å²) in [4.78, 5) is 7.76. The smallest absolute Gasteiger partial charge is 0.106 e. The molecule has 0 radical (unpaired) electrons. The highest BCUT2D eigenvalue weighted by molar-refractivity contribution is 5.52. The van der Waals surface area contributed by atoms with E-state index < -0.39 is 0 Å². The lowest BCUT2D eigenvalue weighted by atomic mass is 10.1. The summed E-state index contributed by atoms with van der Waals surface area (Å²) in [5, 5.41) is 4.16. The number of nitrogens with zero attached hydrogens (tertiary/aromatic N) is 3. The summed E-state index contributed by atoms with van der Waals surface area (Å²) in [5.74, 6) is 1.05. The minimum absolute atomic E-state index is 0.797. The molecule has 0 amide bonds. The minimum atomic E-state index is 0.797. The highest BCUT2D eigenvalue weighted by Crippen LogP contribution is 2.16. The van der Waals surface area contributed by atoms with Crippen LogP contribution < -0.4 is 5.73 Å². The number of H-pyrrole nitrogens is 1. The third kappa shape index (κ3) is 3.20. The maximum absolute atomic E-state index is 5.47. The van der Waals surface area contributed by atoms with Crippen molar-refractivity contribution in [3.05, 3.63) is 24.3 Å². The van der Waals surface area contributed by atoms with Gasteiger partial charge in [-0.25, -0.2) is 4.98 Å². The molecule has 98 valence electrons. The Bertz CT molecular complexity index is 471. The quantitative estimate of drug-likeness (QED) is 0.734. The molecule has 0 aromatic carbocycles. The second-order valence-corrected chi connectivity index (χ2v) is 4.54. The number of aryl methyl sites for hydroxylation is 2. The molecule has 2 aromatic heterocycles. The van der Waals surface area contributed by atoms with E-state index in [9.17, 15) is 0 Å². The summed E-state index contributed by atoms with van der Waals surface area (Å²) in [6, 6.07) is 1.98. The normalized spacial score (nSPS) is 11.0. The minimum Gasteiger partial charge on any atom is -0.341 e. The van der Waals surface area contributed by atoms with Gasteiger partial charge in [-0.2, -0.15) is 5.10 Å². The van der Waals surface area contributed by atoms with Crippen molar-refractivity contribution in [3.63, 3.8) is 0 Å². The largest absolute Gasteiger partial charge is 0.341 e. The van der Waals surface area contributed by atoms with Gasteiger partial charge in [0, 0.05) is 19.7 Å². The van der Waals surface area contributed by atoms with Crippen molar-refractivity contribution in [3.8, 4) is 11.4 Å². The third-order valence-electron chi connectivity index (χ3n) is 3.09. The number of aromatic amines is 1. The average Bonchev–Trinajstić information content (AvgIpc) is 2.97. The lowest BCUT2D eigenvalue weighted by Gasteiger charge is -1.99. The molecular weight excluding hydrogens is 226 g/mol. The monoisotopic (exact) mass is 247 g/mol. The fraction of sp³-hybridized carbons (Fsp3) is 0.538. The van der Waals surface area contributed by atoms with Gasteiger partial charge in [0.1, 0.15) is 5.82 Å². The standard InChI is InChI=1S/C13H21N5/c1-18-12(7-9-16-18)11-10-15-13(17-11)6-4-2-3-5-8-14/h7,9-10H,2-6,8,14H2,1H3,(H,15,17). The second-order valence-electron chi connectivity index (χ2n) is 4.54. The van der Waals surface area contributed by atoms with E-state index in [1.807, 2.05) is 24.0 Å². The van der Waals surface area contributed by atoms with Gasteiger partial charge in [0.25, 0.3) is 0 Å². The van der Waals surface area contributed by atoms with Crippen molar-refractivity contribution in [2.45, 2.75) is 32.1 Å². The van der Waals surface area contributed by atoms with Gasteiger partial charge in [-0.1, -0.05) is 12.8 Å². The zero-order valence-electron chi connectivity index (χ0n) is 10.9. The Labute approximate surface area is 107 Å². The van der Waals surface area contributed by atoms with Gasteiger partial charge in [0.2, 0.25) is 0 Å². The Morgan fingerprint density at radius 2 is 2.11 bits per heavy atom. The molecule has 3 N–H and O–H groups in total. The fourth-order valence-corrected chi connectivity index (χ4v) is 2.05. The summed E-state index contributed by atoms with van der Waals surface area (Å²) in [7, 11) is 1.93. The van der Waals surface area contributed by atoms with Crippen LogP contribution in [0.3, 0.4) is 0 Å². The maximum atomic E-state index is 5.47. The molecule has 0 unspecified atom stereocenters. The summed E-state index contributed by atoms with van der Waals surface area (Å²) < 4.78 is 1.85. The number of unbranched alkanes of at least 4 members (excludes halogenated alkanes) is 3. The van der Waals surface area contributed by atoms with E-state index in [2.05, 4.69) is 15.1 Å². The molecule has 18 heavy (non-hydrogen) atoms. The van der Waals surface area contributed by atoms with Crippen LogP contribution >= 0.6 is 0 Å². The average molecular weight is 247 g/mol. The molecule has 2 aromatic rings. The van der Waals surface area contributed by atoms with Crippen LogP contribution in [0.1, 0.15) is 31.5 Å². The van der Waals surface area contributed by atoms with Crippen molar-refractivity contribution < 1.29 is 0 Å². The van der Waals surface area contributed by atoms with Crippen LogP contribution in [0.4, 0.5) is 0 Å². The van der Waals surface area contributed by atoms with Crippen LogP contribution in [-0.4, -0.2) is 26.3 Å². The molecule has 0 saturated carbocycles. The lowest BCUT2D eigenvalue weighted by molar-refractivity contribution is 0.637. The first-order valence-corrected chi connectivity index (χ1v) is 6.53. The van der Waals surface area contributed by atoms with Crippen molar-refractivity contribution in [2.24, 2.45) is 12.8 Å². The number of rotatable bonds is 7. The molecule has 0 aliphatic heterocycles. The molecule has 2 heterocycles. The summed E-state index contributed by atoms with van der Waals surface area (Å²) in [6.45, 7) is 0.797. The Morgan fingerprint density at radius 3 is 2.83 bits per heavy atom. The number of hydrogen-bond acceptors (Lipinski definition) is 3. The molecular formula is C13H21N5. The maximum Gasteiger partial charge on any atom is 0.106 e. The van der Waals surface area contributed by atoms with E-state index in [1.165, 1.54) is 19.3 Å². The Balaban J connectivity index is 1.85. The van der Waals surface area contributed by atoms with Crippen LogP contribution in [0.5, 0.6) is 0 Å². The Kier molecular flexibility index (Phi) is 4.52. The zero-order valence-corrected chi connectivity index (χ0v) is 10.9. The topological polar surface area (TPSA) is 72.5 Å². The number of nitrogens with two attached hydrogens (primary N) is 1. The van der Waals surface area contributed by atoms with Crippen molar-refractivity contribution in [1.29, 1.82) is 0 Å². The van der Waals surface area contributed by atoms with Gasteiger partial charge in [0.05, 0.1) is 17.6 Å². The first-order valence-electron chi connectivity index (χ1n) is 6.53. The van der Waals surface area contributed by atoms with Gasteiger partial charge in [-0.05, 0) is 25.5 Å². The number of hydrogen-bond donors (Lipinski definition) is 2. The second kappa shape index (κ2) is 6.35. The first kappa shape index (κ1) is 12.8.